The van der Waals surface area contributed by atoms with Crippen LogP contribution in [0.3, 0.4) is 0 Å². The van der Waals surface area contributed by atoms with Crippen LogP contribution in [0.2, 0.25) is 0 Å². The summed E-state index contributed by atoms with van der Waals surface area (Å²) in [6.45, 7) is 5.28. The highest BCUT2D eigenvalue weighted by Gasteiger charge is 2.24. The van der Waals surface area contributed by atoms with Gasteiger partial charge in [0, 0.05) is 12.0 Å². The van der Waals surface area contributed by atoms with Crippen molar-refractivity contribution in [3.8, 4) is 0 Å². The van der Waals surface area contributed by atoms with Gasteiger partial charge in [-0.25, -0.2) is 4.39 Å². The lowest BCUT2D eigenvalue weighted by atomic mass is 9.83. The van der Waals surface area contributed by atoms with E-state index >= 15 is 0 Å². The Kier molecular flexibility index (Phi) is 2.18. The van der Waals surface area contributed by atoms with Crippen molar-refractivity contribution in [2.45, 2.75) is 27.2 Å². The van der Waals surface area contributed by atoms with Gasteiger partial charge in [0.05, 0.1) is 0 Å². The Bertz CT molecular complexity index is 272. The summed E-state index contributed by atoms with van der Waals surface area (Å²) in [6.07, 6.45) is 3.80. The standard InChI is InChI=1S/C10H13FO/c1-7(12)8-4-5-10(2,3)6-9(8)11/h4-5H,6H2,1-3H3. The molecule has 12 heavy (non-hydrogen) atoms. The van der Waals surface area contributed by atoms with Crippen molar-refractivity contribution < 1.29 is 9.18 Å². The van der Waals surface area contributed by atoms with E-state index in [9.17, 15) is 9.18 Å². The Labute approximate surface area is 72.0 Å². The van der Waals surface area contributed by atoms with E-state index < -0.39 is 0 Å². The first-order chi connectivity index (χ1) is 5.42. The third kappa shape index (κ3) is 1.81. The zero-order valence-corrected chi connectivity index (χ0v) is 7.65. The Balaban J connectivity index is 2.95. The first-order valence-corrected chi connectivity index (χ1v) is 4.01. The number of rotatable bonds is 1. The number of ketones is 1. The minimum Gasteiger partial charge on any atom is -0.294 e. The van der Waals surface area contributed by atoms with Crippen molar-refractivity contribution in [1.29, 1.82) is 0 Å². The molecular weight excluding hydrogens is 155 g/mol. The second-order valence-corrected chi connectivity index (χ2v) is 3.87. The van der Waals surface area contributed by atoms with Crippen LogP contribution >= 0.6 is 0 Å². The zero-order valence-electron chi connectivity index (χ0n) is 7.65. The fourth-order valence-electron chi connectivity index (χ4n) is 1.26. The first-order valence-electron chi connectivity index (χ1n) is 4.01. The van der Waals surface area contributed by atoms with Crippen LogP contribution in [0, 0.1) is 5.41 Å². The maximum atomic E-state index is 13.2. The van der Waals surface area contributed by atoms with Crippen LogP contribution in [-0.4, -0.2) is 5.78 Å². The molecule has 0 radical (unpaired) electrons. The number of carbonyl (C=O) groups is 1. The second kappa shape index (κ2) is 2.85. The molecule has 1 aliphatic rings. The molecule has 0 unspecified atom stereocenters. The number of halogens is 1. The average molecular weight is 168 g/mol. The van der Waals surface area contributed by atoms with Crippen LogP contribution < -0.4 is 0 Å². The smallest absolute Gasteiger partial charge is 0.162 e. The lowest BCUT2D eigenvalue weighted by Crippen LogP contribution is -2.14. The van der Waals surface area contributed by atoms with Crippen LogP contribution in [0.15, 0.2) is 23.6 Å². The van der Waals surface area contributed by atoms with Gasteiger partial charge in [0.15, 0.2) is 5.78 Å². The Morgan fingerprint density at radius 1 is 1.58 bits per heavy atom. The summed E-state index contributed by atoms with van der Waals surface area (Å²) in [5, 5.41) is 0. The van der Waals surface area contributed by atoms with Gasteiger partial charge in [-0.1, -0.05) is 26.0 Å². The van der Waals surface area contributed by atoms with E-state index in [1.165, 1.54) is 6.92 Å². The van der Waals surface area contributed by atoms with Gasteiger partial charge in [0.2, 0.25) is 0 Å². The van der Waals surface area contributed by atoms with Crippen molar-refractivity contribution >= 4 is 5.78 Å². The van der Waals surface area contributed by atoms with E-state index in [-0.39, 0.29) is 22.6 Å². The molecule has 1 rings (SSSR count). The molecule has 0 aromatic carbocycles. The molecule has 0 aromatic heterocycles. The monoisotopic (exact) mass is 168 g/mol. The highest BCUT2D eigenvalue weighted by molar-refractivity contribution is 5.96. The molecule has 1 aliphatic carbocycles. The van der Waals surface area contributed by atoms with E-state index in [2.05, 4.69) is 0 Å². The minimum absolute atomic E-state index is 0.150. The highest BCUT2D eigenvalue weighted by atomic mass is 19.1. The topological polar surface area (TPSA) is 17.1 Å². The number of Topliss-reactive ketones (excluding diaryl/α,β-unsaturated/α-hetero) is 1. The summed E-state index contributed by atoms with van der Waals surface area (Å²) < 4.78 is 13.2. The zero-order chi connectivity index (χ0) is 9.35. The Morgan fingerprint density at radius 3 is 2.58 bits per heavy atom. The molecule has 0 saturated carbocycles. The van der Waals surface area contributed by atoms with Crippen LogP contribution in [0.25, 0.3) is 0 Å². The molecule has 0 spiro atoms. The Morgan fingerprint density at radius 2 is 2.17 bits per heavy atom. The molecule has 0 atom stereocenters. The fraction of sp³-hybridized carbons (Fsp3) is 0.500. The van der Waals surface area contributed by atoms with Crippen LogP contribution in [-0.2, 0) is 4.79 Å². The maximum absolute atomic E-state index is 13.2. The van der Waals surface area contributed by atoms with Crippen LogP contribution in [0.1, 0.15) is 27.2 Å². The summed E-state index contributed by atoms with van der Waals surface area (Å²) in [5.74, 6) is -0.478. The summed E-state index contributed by atoms with van der Waals surface area (Å²) in [4.78, 5) is 10.9. The van der Waals surface area contributed by atoms with Gasteiger partial charge in [-0.05, 0) is 12.3 Å². The van der Waals surface area contributed by atoms with Gasteiger partial charge in [-0.3, -0.25) is 4.79 Å². The molecule has 1 nitrogen and oxygen atoms in total. The number of carbonyl (C=O) groups excluding carboxylic acids is 1. The van der Waals surface area contributed by atoms with Gasteiger partial charge >= 0.3 is 0 Å². The van der Waals surface area contributed by atoms with Crippen LogP contribution in [0.4, 0.5) is 4.39 Å². The van der Waals surface area contributed by atoms with E-state index in [1.807, 2.05) is 19.9 Å². The molecular formula is C10H13FO. The van der Waals surface area contributed by atoms with Crippen molar-refractivity contribution in [2.75, 3.05) is 0 Å². The number of allylic oxidation sites excluding steroid dienone is 4. The van der Waals surface area contributed by atoms with Crippen LogP contribution in [0.5, 0.6) is 0 Å². The lowest BCUT2D eigenvalue weighted by Gasteiger charge is -2.23. The van der Waals surface area contributed by atoms with E-state index in [4.69, 9.17) is 0 Å². The quantitative estimate of drug-likeness (QED) is 0.588. The van der Waals surface area contributed by atoms with Crippen molar-refractivity contribution in [3.05, 3.63) is 23.6 Å². The second-order valence-electron chi connectivity index (χ2n) is 3.87. The van der Waals surface area contributed by atoms with Gasteiger partial charge in [-0.2, -0.15) is 0 Å². The van der Waals surface area contributed by atoms with E-state index in [0.29, 0.717) is 6.42 Å². The molecule has 0 N–H and O–H groups in total. The van der Waals surface area contributed by atoms with Crippen molar-refractivity contribution in [2.24, 2.45) is 5.41 Å². The molecule has 66 valence electrons. The predicted molar refractivity (Wildman–Crippen MR) is 46.4 cm³/mol. The molecule has 0 amide bonds. The van der Waals surface area contributed by atoms with Gasteiger partial charge in [-0.15, -0.1) is 0 Å². The normalized spacial score (nSPS) is 21.3. The molecule has 0 saturated heterocycles. The molecule has 0 fully saturated rings. The van der Waals surface area contributed by atoms with Gasteiger partial charge in [0.1, 0.15) is 5.83 Å². The summed E-state index contributed by atoms with van der Waals surface area (Å²) in [7, 11) is 0. The largest absolute Gasteiger partial charge is 0.294 e. The Hall–Kier alpha value is -0.920. The number of hydrogen-bond donors (Lipinski definition) is 0. The third-order valence-corrected chi connectivity index (χ3v) is 1.98. The fourth-order valence-corrected chi connectivity index (χ4v) is 1.26. The summed E-state index contributed by atoms with van der Waals surface area (Å²) in [6, 6.07) is 0. The summed E-state index contributed by atoms with van der Waals surface area (Å²) >= 11 is 0. The SMILES string of the molecule is CC(=O)C1=C(F)CC(C)(C)C=C1. The minimum atomic E-state index is -0.282. The van der Waals surface area contributed by atoms with Gasteiger partial charge < -0.3 is 0 Å². The average Bonchev–Trinajstić information content (AvgIpc) is 1.83. The molecule has 2 heteroatoms. The molecule has 0 aromatic rings. The third-order valence-electron chi connectivity index (χ3n) is 1.98. The highest BCUT2D eigenvalue weighted by Crippen LogP contribution is 2.34. The molecule has 0 bridgehead atoms. The van der Waals surface area contributed by atoms with Gasteiger partial charge in [0.25, 0.3) is 0 Å². The maximum Gasteiger partial charge on any atom is 0.162 e. The van der Waals surface area contributed by atoms with E-state index in [1.54, 1.807) is 6.08 Å². The lowest BCUT2D eigenvalue weighted by molar-refractivity contribution is -0.113. The number of hydrogen-bond acceptors (Lipinski definition) is 1. The van der Waals surface area contributed by atoms with E-state index in [0.717, 1.165) is 0 Å². The predicted octanol–water partition coefficient (Wildman–Crippen LogP) is 2.79. The van der Waals surface area contributed by atoms with Crippen molar-refractivity contribution in [1.82, 2.24) is 0 Å². The molecule has 0 aliphatic heterocycles. The molecule has 0 heterocycles. The van der Waals surface area contributed by atoms with Crippen molar-refractivity contribution in [3.63, 3.8) is 0 Å². The summed E-state index contributed by atoms with van der Waals surface area (Å²) in [5.41, 5.74) is 0.0811. The first kappa shape index (κ1) is 9.17.